The number of quaternary nitrogens is 1. The van der Waals surface area contributed by atoms with Gasteiger partial charge in [-0.25, -0.2) is 0 Å². The van der Waals surface area contributed by atoms with Gasteiger partial charge in [0.05, 0.1) is 39.9 Å². The van der Waals surface area contributed by atoms with Crippen LogP contribution in [0.3, 0.4) is 0 Å². The van der Waals surface area contributed by atoms with E-state index in [2.05, 4.69) is 31.3 Å². The highest BCUT2D eigenvalue weighted by atomic mass is 31.2. The molecule has 0 aliphatic carbocycles. The van der Waals surface area contributed by atoms with Crippen LogP contribution in [0.15, 0.2) is 24.3 Å². The highest BCUT2D eigenvalue weighted by Gasteiger charge is 2.23. The van der Waals surface area contributed by atoms with Crippen molar-refractivity contribution in [2.75, 3.05) is 40.9 Å². The maximum atomic E-state index is 13.0. The molecule has 0 fully saturated rings. The molecule has 0 saturated heterocycles. The molecule has 0 aromatic heterocycles. The van der Waals surface area contributed by atoms with Gasteiger partial charge in [0.2, 0.25) is 5.91 Å². The third kappa shape index (κ3) is 52.8. The summed E-state index contributed by atoms with van der Waals surface area (Å²) in [6.07, 6.45) is 64.2. The number of nitrogens with one attached hydrogen (secondary N) is 1. The molecule has 0 spiro atoms. The molecule has 0 bridgehead atoms. The Morgan fingerprint density at radius 2 is 0.824 bits per heavy atom. The van der Waals surface area contributed by atoms with Crippen molar-refractivity contribution in [2.45, 2.75) is 309 Å². The third-order valence-electron chi connectivity index (χ3n) is 13.7. The number of carbonyl (C=O) groups excluding carboxylic acids is 1. The summed E-state index contributed by atoms with van der Waals surface area (Å²) in [5.41, 5.74) is 0. The number of hydrogen-bond donors (Lipinski definition) is 2. The van der Waals surface area contributed by atoms with E-state index in [9.17, 15) is 19.4 Å². The van der Waals surface area contributed by atoms with E-state index in [-0.39, 0.29) is 19.1 Å². The fourth-order valence-electron chi connectivity index (χ4n) is 9.00. The van der Waals surface area contributed by atoms with E-state index < -0.39 is 20.0 Å². The van der Waals surface area contributed by atoms with Gasteiger partial charge in [-0.2, -0.15) is 0 Å². The standard InChI is InChI=1S/C59H117N2O6P/c1-6-8-10-12-14-16-18-20-22-24-25-26-27-28-29-30-31-32-33-34-35-36-37-39-41-43-45-47-49-51-53-59(63)60-57(56-67-68(64,65)66-55-54-61(3,4)5)58(62)52-50-48-46-44-42-40-38-23-21-19-17-15-13-11-9-7-2/h42,44,50,52,57-58,62H,6-41,43,45-49,51,53-56H2,1-5H3,(H-,60,63,64,65)/b44-42+,52-50+. The Morgan fingerprint density at radius 3 is 1.19 bits per heavy atom. The van der Waals surface area contributed by atoms with E-state index in [1.165, 1.54) is 238 Å². The van der Waals surface area contributed by atoms with Gasteiger partial charge in [0.1, 0.15) is 13.2 Å². The number of unbranched alkanes of at least 4 members (excludes halogenated alkanes) is 40. The Balaban J connectivity index is 4.07. The Morgan fingerprint density at radius 1 is 0.500 bits per heavy atom. The number of phosphoric acid groups is 1. The third-order valence-corrected chi connectivity index (χ3v) is 14.6. The lowest BCUT2D eigenvalue weighted by molar-refractivity contribution is -0.870. The first-order valence-corrected chi connectivity index (χ1v) is 31.2. The van der Waals surface area contributed by atoms with E-state index in [1.807, 2.05) is 27.2 Å². The van der Waals surface area contributed by atoms with Crippen molar-refractivity contribution in [3.63, 3.8) is 0 Å². The number of amides is 1. The summed E-state index contributed by atoms with van der Waals surface area (Å²) in [5, 5.41) is 13.9. The molecular formula is C59H117N2O6P. The summed E-state index contributed by atoms with van der Waals surface area (Å²) in [6, 6.07) is -0.900. The Hall–Kier alpha value is -1.02. The predicted octanol–water partition coefficient (Wildman–Crippen LogP) is 17.4. The number of allylic oxidation sites excluding steroid dienone is 3. The molecule has 0 aromatic carbocycles. The van der Waals surface area contributed by atoms with Crippen LogP contribution < -0.4 is 10.2 Å². The monoisotopic (exact) mass is 981 g/mol. The van der Waals surface area contributed by atoms with Gasteiger partial charge in [-0.15, -0.1) is 0 Å². The van der Waals surface area contributed by atoms with Gasteiger partial charge in [-0.3, -0.25) is 9.36 Å². The SMILES string of the molecule is CCCCCCCCCCCC/C=C/CC/C=C/C(O)C(COP(=O)([O-])OCC[N+](C)(C)C)NC(=O)CCCCCCCCCCCCCCCCCCCCCCCCCCCCCCCC. The Labute approximate surface area is 424 Å². The number of nitrogens with zero attached hydrogens (tertiary/aromatic N) is 1. The van der Waals surface area contributed by atoms with E-state index in [1.54, 1.807) is 6.08 Å². The summed E-state index contributed by atoms with van der Waals surface area (Å²) in [6.45, 7) is 4.67. The first-order chi connectivity index (χ1) is 33.0. The fraction of sp³-hybridized carbons (Fsp3) is 0.915. The second-order valence-electron chi connectivity index (χ2n) is 21.7. The highest BCUT2D eigenvalue weighted by Crippen LogP contribution is 2.38. The largest absolute Gasteiger partial charge is 0.756 e. The van der Waals surface area contributed by atoms with Crippen molar-refractivity contribution < 1.29 is 32.9 Å². The van der Waals surface area contributed by atoms with Gasteiger partial charge < -0.3 is 28.8 Å². The van der Waals surface area contributed by atoms with E-state index >= 15 is 0 Å². The molecule has 9 heteroatoms. The first kappa shape index (κ1) is 67.0. The second kappa shape index (κ2) is 50.9. The number of aliphatic hydroxyl groups excluding tert-OH is 1. The number of likely N-dealkylation sites (N-methyl/N-ethyl adjacent to an activating group) is 1. The normalized spacial score (nSPS) is 14.0. The summed E-state index contributed by atoms with van der Waals surface area (Å²) < 4.78 is 23.3. The van der Waals surface area contributed by atoms with Gasteiger partial charge in [-0.1, -0.05) is 282 Å². The van der Waals surface area contributed by atoms with Crippen LogP contribution in [0.1, 0.15) is 296 Å². The first-order valence-electron chi connectivity index (χ1n) is 29.7. The topological polar surface area (TPSA) is 108 Å². The average molecular weight is 982 g/mol. The molecule has 0 aromatic rings. The number of rotatable bonds is 55. The molecule has 0 heterocycles. The Bertz CT molecular complexity index is 1160. The highest BCUT2D eigenvalue weighted by molar-refractivity contribution is 7.45. The molecule has 8 nitrogen and oxygen atoms in total. The Kier molecular flexibility index (Phi) is 50.1. The van der Waals surface area contributed by atoms with Crippen molar-refractivity contribution in [1.29, 1.82) is 0 Å². The zero-order valence-corrected chi connectivity index (χ0v) is 47.0. The minimum Gasteiger partial charge on any atom is -0.756 e. The number of phosphoric ester groups is 1. The van der Waals surface area contributed by atoms with Crippen molar-refractivity contribution >= 4 is 13.7 Å². The molecule has 0 rings (SSSR count). The minimum atomic E-state index is -4.60. The van der Waals surface area contributed by atoms with Crippen molar-refractivity contribution in [3.8, 4) is 0 Å². The van der Waals surface area contributed by atoms with Gasteiger partial charge in [0, 0.05) is 6.42 Å². The number of aliphatic hydroxyl groups is 1. The smallest absolute Gasteiger partial charge is 0.268 e. The molecule has 0 saturated carbocycles. The summed E-state index contributed by atoms with van der Waals surface area (Å²) in [5.74, 6) is -0.201. The minimum absolute atomic E-state index is 0.00381. The van der Waals surface area contributed by atoms with Crippen LogP contribution >= 0.6 is 7.82 Å². The van der Waals surface area contributed by atoms with E-state index in [4.69, 9.17) is 9.05 Å². The van der Waals surface area contributed by atoms with Crippen LogP contribution in [-0.4, -0.2) is 68.5 Å². The molecular weight excluding hydrogens is 864 g/mol. The average Bonchev–Trinajstić information content (AvgIpc) is 3.30. The van der Waals surface area contributed by atoms with Crippen molar-refractivity contribution in [1.82, 2.24) is 5.32 Å². The summed E-state index contributed by atoms with van der Waals surface area (Å²) in [7, 11) is 1.26. The molecule has 0 aliphatic rings. The second-order valence-corrected chi connectivity index (χ2v) is 23.1. The van der Waals surface area contributed by atoms with Crippen LogP contribution in [0, 0.1) is 0 Å². The molecule has 404 valence electrons. The van der Waals surface area contributed by atoms with Crippen LogP contribution in [0.2, 0.25) is 0 Å². The maximum Gasteiger partial charge on any atom is 0.268 e. The zero-order valence-electron chi connectivity index (χ0n) is 46.1. The number of carbonyl (C=O) groups is 1. The van der Waals surface area contributed by atoms with Crippen LogP contribution in [0.25, 0.3) is 0 Å². The van der Waals surface area contributed by atoms with E-state index in [0.717, 1.165) is 38.5 Å². The molecule has 68 heavy (non-hydrogen) atoms. The number of hydrogen-bond acceptors (Lipinski definition) is 6. The summed E-state index contributed by atoms with van der Waals surface area (Å²) >= 11 is 0. The molecule has 1 amide bonds. The summed E-state index contributed by atoms with van der Waals surface area (Å²) in [4.78, 5) is 25.5. The quantitative estimate of drug-likeness (QED) is 0.0272. The van der Waals surface area contributed by atoms with Gasteiger partial charge >= 0.3 is 0 Å². The molecule has 0 aliphatic heterocycles. The lowest BCUT2D eigenvalue weighted by atomic mass is 10.0. The zero-order chi connectivity index (χ0) is 49.9. The van der Waals surface area contributed by atoms with Crippen molar-refractivity contribution in [2.24, 2.45) is 0 Å². The van der Waals surface area contributed by atoms with Gasteiger partial charge in [0.15, 0.2) is 0 Å². The molecule has 3 unspecified atom stereocenters. The predicted molar refractivity (Wildman–Crippen MR) is 293 cm³/mol. The lowest BCUT2D eigenvalue weighted by Gasteiger charge is -2.29. The maximum absolute atomic E-state index is 13.0. The van der Waals surface area contributed by atoms with E-state index in [0.29, 0.717) is 17.4 Å². The lowest BCUT2D eigenvalue weighted by Crippen LogP contribution is -2.45. The molecule has 2 N–H and O–H groups in total. The fourth-order valence-corrected chi connectivity index (χ4v) is 9.72. The molecule has 3 atom stereocenters. The van der Waals surface area contributed by atoms with Crippen LogP contribution in [0.5, 0.6) is 0 Å². The van der Waals surface area contributed by atoms with Gasteiger partial charge in [-0.05, 0) is 32.1 Å². The van der Waals surface area contributed by atoms with Crippen LogP contribution in [0.4, 0.5) is 0 Å². The molecule has 0 radical (unpaired) electrons. The van der Waals surface area contributed by atoms with Gasteiger partial charge in [0.25, 0.3) is 7.82 Å². The van der Waals surface area contributed by atoms with Crippen molar-refractivity contribution in [3.05, 3.63) is 24.3 Å². The van der Waals surface area contributed by atoms with Crippen LogP contribution in [-0.2, 0) is 18.4 Å².